The number of carbonyl (C=O) groups excluding carboxylic acids is 1. The van der Waals surface area contributed by atoms with Crippen LogP contribution in [0.5, 0.6) is 0 Å². The summed E-state index contributed by atoms with van der Waals surface area (Å²) in [4.78, 5) is 11.0. The van der Waals surface area contributed by atoms with Gasteiger partial charge in [0.25, 0.3) is 0 Å². The van der Waals surface area contributed by atoms with Crippen LogP contribution in [0.25, 0.3) is 0 Å². The molecular weight excluding hydrogens is 224 g/mol. The van der Waals surface area contributed by atoms with E-state index in [9.17, 15) is 4.79 Å². The second kappa shape index (κ2) is 8.04. The normalized spacial score (nSPS) is 23.1. The summed E-state index contributed by atoms with van der Waals surface area (Å²) in [6.07, 6.45) is 12.3. The number of hydrogen-bond donors (Lipinski definition) is 0. The van der Waals surface area contributed by atoms with Crippen LogP contribution in [-0.4, -0.2) is 19.5 Å². The highest BCUT2D eigenvalue weighted by molar-refractivity contribution is 5.73. The van der Waals surface area contributed by atoms with Crippen LogP contribution in [-0.2, 0) is 9.53 Å². The number of allylic oxidation sites excluding steroid dienone is 4. The Kier molecular flexibility index (Phi) is 6.66. The predicted molar refractivity (Wildman–Crippen MR) is 75.5 cm³/mol. The molecule has 0 saturated carbocycles. The summed E-state index contributed by atoms with van der Waals surface area (Å²) in [5.41, 5.74) is 3.59. The van der Waals surface area contributed by atoms with E-state index in [-0.39, 0.29) is 6.10 Å². The molecule has 100 valence electrons. The Labute approximate surface area is 110 Å². The molecule has 1 aliphatic rings. The molecule has 0 amide bonds. The topological polar surface area (TPSA) is 26.3 Å². The van der Waals surface area contributed by atoms with Gasteiger partial charge < -0.3 is 4.74 Å². The number of aldehydes is 1. The minimum Gasteiger partial charge on any atom is -0.377 e. The summed E-state index contributed by atoms with van der Waals surface area (Å²) in [7, 11) is 1.70. The summed E-state index contributed by atoms with van der Waals surface area (Å²) in [6, 6.07) is 0. The molecule has 0 heterocycles. The maximum atomic E-state index is 11.0. The molecule has 0 N–H and O–H groups in total. The third-order valence-corrected chi connectivity index (χ3v) is 3.33. The lowest BCUT2D eigenvalue weighted by Crippen LogP contribution is -2.09. The molecule has 0 aliphatic heterocycles. The van der Waals surface area contributed by atoms with Crippen molar-refractivity contribution in [3.05, 3.63) is 34.9 Å². The predicted octanol–water partition coefficient (Wildman–Crippen LogP) is 3.98. The molecule has 0 aromatic carbocycles. The van der Waals surface area contributed by atoms with Gasteiger partial charge in [-0.1, -0.05) is 23.3 Å². The smallest absolute Gasteiger partial charge is 0.145 e. The standard InChI is InChI=1S/C16H24O2/c1-13-6-4-8-14(2)10-16(18-3)11-15(12-17)9-5-7-13/h7-8,11-12,16H,4-6,9-10H2,1-3H3. The molecule has 0 spiro atoms. The van der Waals surface area contributed by atoms with Gasteiger partial charge in [-0.25, -0.2) is 0 Å². The molecule has 0 bridgehead atoms. The number of rotatable bonds is 2. The van der Waals surface area contributed by atoms with E-state index in [1.54, 1.807) is 7.11 Å². The Morgan fingerprint density at radius 2 is 1.83 bits per heavy atom. The second-order valence-corrected chi connectivity index (χ2v) is 5.02. The monoisotopic (exact) mass is 248 g/mol. The zero-order chi connectivity index (χ0) is 13.4. The van der Waals surface area contributed by atoms with Gasteiger partial charge in [0.15, 0.2) is 0 Å². The van der Waals surface area contributed by atoms with Crippen LogP contribution in [0.2, 0.25) is 0 Å². The molecule has 0 aromatic rings. The lowest BCUT2D eigenvalue weighted by molar-refractivity contribution is -0.105. The van der Waals surface area contributed by atoms with Gasteiger partial charge in [0.05, 0.1) is 6.10 Å². The maximum Gasteiger partial charge on any atom is 0.145 e. The minimum atomic E-state index is 0.0194. The van der Waals surface area contributed by atoms with Crippen molar-refractivity contribution < 1.29 is 9.53 Å². The Bertz CT molecular complexity index is 361. The SMILES string of the molecule is COC1C=C(C=O)CCC=C(C)CCC=C(C)C1. The highest BCUT2D eigenvalue weighted by atomic mass is 16.5. The van der Waals surface area contributed by atoms with E-state index in [1.165, 1.54) is 11.1 Å². The van der Waals surface area contributed by atoms with E-state index in [0.717, 1.165) is 44.0 Å². The van der Waals surface area contributed by atoms with E-state index in [0.29, 0.717) is 0 Å². The fourth-order valence-corrected chi connectivity index (χ4v) is 2.16. The Hall–Kier alpha value is -1.15. The van der Waals surface area contributed by atoms with E-state index >= 15 is 0 Å². The van der Waals surface area contributed by atoms with Gasteiger partial charge in [0.1, 0.15) is 6.29 Å². The van der Waals surface area contributed by atoms with E-state index in [4.69, 9.17) is 4.74 Å². The van der Waals surface area contributed by atoms with Gasteiger partial charge >= 0.3 is 0 Å². The highest BCUT2D eigenvalue weighted by Gasteiger charge is 2.07. The van der Waals surface area contributed by atoms with E-state index in [1.807, 2.05) is 6.08 Å². The van der Waals surface area contributed by atoms with Crippen molar-refractivity contribution in [2.24, 2.45) is 0 Å². The van der Waals surface area contributed by atoms with Gasteiger partial charge in [0.2, 0.25) is 0 Å². The van der Waals surface area contributed by atoms with E-state index < -0.39 is 0 Å². The molecule has 1 unspecified atom stereocenters. The van der Waals surface area contributed by atoms with Gasteiger partial charge in [-0.15, -0.1) is 0 Å². The first-order valence-electron chi connectivity index (χ1n) is 6.65. The number of carbonyl (C=O) groups is 1. The fourth-order valence-electron chi connectivity index (χ4n) is 2.16. The summed E-state index contributed by atoms with van der Waals surface area (Å²) in [5.74, 6) is 0. The highest BCUT2D eigenvalue weighted by Crippen LogP contribution is 2.17. The fraction of sp³-hybridized carbons (Fsp3) is 0.562. The second-order valence-electron chi connectivity index (χ2n) is 5.02. The number of ether oxygens (including phenoxy) is 1. The third kappa shape index (κ3) is 5.46. The summed E-state index contributed by atoms with van der Waals surface area (Å²) < 4.78 is 5.43. The average molecular weight is 248 g/mol. The van der Waals surface area contributed by atoms with Crippen molar-refractivity contribution in [3.8, 4) is 0 Å². The molecule has 1 rings (SSSR count). The van der Waals surface area contributed by atoms with Crippen molar-refractivity contribution >= 4 is 6.29 Å². The molecule has 18 heavy (non-hydrogen) atoms. The lowest BCUT2D eigenvalue weighted by atomic mass is 10.0. The van der Waals surface area contributed by atoms with Crippen LogP contribution in [0.3, 0.4) is 0 Å². The number of hydrogen-bond acceptors (Lipinski definition) is 2. The van der Waals surface area contributed by atoms with Crippen molar-refractivity contribution in [2.45, 2.75) is 52.1 Å². The van der Waals surface area contributed by atoms with Gasteiger partial charge in [0, 0.05) is 7.11 Å². The van der Waals surface area contributed by atoms with Gasteiger partial charge in [-0.05, 0) is 57.6 Å². The van der Waals surface area contributed by atoms with Crippen LogP contribution in [0.4, 0.5) is 0 Å². The molecule has 0 fully saturated rings. The molecule has 0 radical (unpaired) electrons. The van der Waals surface area contributed by atoms with Crippen molar-refractivity contribution in [3.63, 3.8) is 0 Å². The molecule has 0 aromatic heterocycles. The lowest BCUT2D eigenvalue weighted by Gasteiger charge is -2.13. The first-order chi connectivity index (χ1) is 8.65. The first-order valence-corrected chi connectivity index (χ1v) is 6.65. The van der Waals surface area contributed by atoms with Crippen LogP contribution >= 0.6 is 0 Å². The third-order valence-electron chi connectivity index (χ3n) is 3.33. The Morgan fingerprint density at radius 3 is 2.50 bits per heavy atom. The van der Waals surface area contributed by atoms with Crippen LogP contribution in [0.1, 0.15) is 46.0 Å². The van der Waals surface area contributed by atoms with Gasteiger partial charge in [-0.3, -0.25) is 4.79 Å². The largest absolute Gasteiger partial charge is 0.377 e. The summed E-state index contributed by atoms with van der Waals surface area (Å²) in [5, 5.41) is 0. The molecule has 1 aliphatic carbocycles. The van der Waals surface area contributed by atoms with Gasteiger partial charge in [-0.2, -0.15) is 0 Å². The van der Waals surface area contributed by atoms with Crippen LogP contribution in [0, 0.1) is 0 Å². The average Bonchev–Trinajstić information content (AvgIpc) is 2.34. The zero-order valence-electron chi connectivity index (χ0n) is 11.7. The van der Waals surface area contributed by atoms with E-state index in [2.05, 4.69) is 26.0 Å². The van der Waals surface area contributed by atoms with Crippen LogP contribution < -0.4 is 0 Å². The van der Waals surface area contributed by atoms with Crippen molar-refractivity contribution in [2.75, 3.05) is 7.11 Å². The molecule has 0 saturated heterocycles. The molecule has 2 heteroatoms. The molecular formula is C16H24O2. The molecule has 2 nitrogen and oxygen atoms in total. The molecule has 1 atom stereocenters. The minimum absolute atomic E-state index is 0.0194. The summed E-state index contributed by atoms with van der Waals surface area (Å²) >= 11 is 0. The van der Waals surface area contributed by atoms with Crippen molar-refractivity contribution in [1.29, 1.82) is 0 Å². The number of methoxy groups -OCH3 is 1. The van der Waals surface area contributed by atoms with Crippen molar-refractivity contribution in [1.82, 2.24) is 0 Å². The Morgan fingerprint density at radius 1 is 1.17 bits per heavy atom. The maximum absolute atomic E-state index is 11.0. The van der Waals surface area contributed by atoms with Crippen LogP contribution in [0.15, 0.2) is 34.9 Å². The quantitative estimate of drug-likeness (QED) is 0.545. The zero-order valence-corrected chi connectivity index (χ0v) is 11.7. The summed E-state index contributed by atoms with van der Waals surface area (Å²) in [6.45, 7) is 4.29. The Balaban J connectivity index is 2.87. The first kappa shape index (κ1) is 14.9.